The third-order valence-corrected chi connectivity index (χ3v) is 2.59. The van der Waals surface area contributed by atoms with E-state index in [1.165, 1.54) is 0 Å². The summed E-state index contributed by atoms with van der Waals surface area (Å²) in [6.07, 6.45) is 0.607. The molecule has 1 unspecified atom stereocenters. The fraction of sp³-hybridized carbons (Fsp3) is 0.417. The van der Waals surface area contributed by atoms with Crippen molar-refractivity contribution in [3.8, 4) is 0 Å². The van der Waals surface area contributed by atoms with Crippen molar-refractivity contribution in [1.82, 2.24) is 4.98 Å². The number of aliphatic hydroxyl groups is 1. The molecule has 0 aliphatic heterocycles. The van der Waals surface area contributed by atoms with Crippen LogP contribution in [0.1, 0.15) is 32.2 Å². The molecule has 0 fully saturated rings. The van der Waals surface area contributed by atoms with E-state index in [4.69, 9.17) is 0 Å². The number of aryl methyl sites for hydroxylation is 1. The average Bonchev–Trinajstić information content (AvgIpc) is 2.58. The Morgan fingerprint density at radius 3 is 2.80 bits per heavy atom. The number of aromatic amines is 1. The van der Waals surface area contributed by atoms with E-state index < -0.39 is 6.10 Å². The van der Waals surface area contributed by atoms with Crippen molar-refractivity contribution in [2.24, 2.45) is 0 Å². The number of rotatable bonds is 3. The Hall–Kier alpha value is -1.35. The first-order valence-corrected chi connectivity index (χ1v) is 5.42. The van der Waals surface area contributed by atoms with Gasteiger partial charge in [-0.3, -0.25) is 0 Å². The Balaban J connectivity index is 2.63. The highest BCUT2D eigenvalue weighted by molar-refractivity contribution is 5.71. The predicted molar refractivity (Wildman–Crippen MR) is 59.4 cm³/mol. The maximum Gasteiger partial charge on any atom is 0.284 e. The van der Waals surface area contributed by atoms with E-state index in [1.54, 1.807) is 6.92 Å². The summed E-state index contributed by atoms with van der Waals surface area (Å²) < 4.78 is 2.15. The number of hydrogen-bond acceptors (Lipinski definition) is 1. The first-order valence-electron chi connectivity index (χ1n) is 5.42. The molecular formula is C12H17N2O+. The molecule has 2 N–H and O–H groups in total. The van der Waals surface area contributed by atoms with Gasteiger partial charge in [-0.2, -0.15) is 0 Å². The minimum atomic E-state index is -0.455. The highest BCUT2D eigenvalue weighted by Crippen LogP contribution is 2.13. The number of aliphatic hydroxyl groups excluding tert-OH is 1. The lowest BCUT2D eigenvalue weighted by atomic mass is 10.3. The molecule has 2 rings (SSSR count). The molecule has 1 aromatic carbocycles. The van der Waals surface area contributed by atoms with E-state index in [0.29, 0.717) is 0 Å². The van der Waals surface area contributed by atoms with Crippen LogP contribution in [-0.4, -0.2) is 10.1 Å². The second-order valence-electron chi connectivity index (χ2n) is 3.86. The van der Waals surface area contributed by atoms with Gasteiger partial charge in [-0.25, -0.2) is 9.55 Å². The molecule has 1 aromatic heterocycles. The Morgan fingerprint density at radius 2 is 2.13 bits per heavy atom. The van der Waals surface area contributed by atoms with Gasteiger partial charge in [0.05, 0.1) is 6.54 Å². The van der Waals surface area contributed by atoms with Gasteiger partial charge in [-0.1, -0.05) is 19.1 Å². The van der Waals surface area contributed by atoms with Crippen LogP contribution >= 0.6 is 0 Å². The Kier molecular flexibility index (Phi) is 2.73. The summed E-state index contributed by atoms with van der Waals surface area (Å²) in [6.45, 7) is 4.86. The minimum absolute atomic E-state index is 0.455. The molecule has 3 heteroatoms. The summed E-state index contributed by atoms with van der Waals surface area (Å²) in [6, 6.07) is 8.13. The van der Waals surface area contributed by atoms with Gasteiger partial charge < -0.3 is 5.11 Å². The molecule has 15 heavy (non-hydrogen) atoms. The molecule has 0 aliphatic carbocycles. The zero-order valence-corrected chi connectivity index (χ0v) is 9.20. The maximum atomic E-state index is 9.68. The molecular weight excluding hydrogens is 188 g/mol. The van der Waals surface area contributed by atoms with Crippen LogP contribution in [0.5, 0.6) is 0 Å². The van der Waals surface area contributed by atoms with Gasteiger partial charge in [-0.15, -0.1) is 0 Å². The molecule has 0 amide bonds. The third kappa shape index (κ3) is 1.75. The van der Waals surface area contributed by atoms with Crippen LogP contribution in [0.3, 0.4) is 0 Å². The van der Waals surface area contributed by atoms with Gasteiger partial charge >= 0.3 is 0 Å². The van der Waals surface area contributed by atoms with Crippen LogP contribution in [0.25, 0.3) is 11.0 Å². The van der Waals surface area contributed by atoms with E-state index in [0.717, 1.165) is 29.8 Å². The normalized spacial score (nSPS) is 13.3. The van der Waals surface area contributed by atoms with Gasteiger partial charge in [-0.05, 0) is 25.5 Å². The van der Waals surface area contributed by atoms with Crippen LogP contribution in [0, 0.1) is 0 Å². The van der Waals surface area contributed by atoms with Crippen molar-refractivity contribution in [2.45, 2.75) is 32.9 Å². The van der Waals surface area contributed by atoms with Gasteiger partial charge in [0.1, 0.15) is 0 Å². The van der Waals surface area contributed by atoms with Crippen molar-refractivity contribution in [3.63, 3.8) is 0 Å². The number of aromatic nitrogens is 2. The topological polar surface area (TPSA) is 39.9 Å². The predicted octanol–water partition coefficient (Wildman–Crippen LogP) is 1.92. The quantitative estimate of drug-likeness (QED) is 0.738. The molecule has 3 nitrogen and oxygen atoms in total. The molecule has 2 aromatic rings. The van der Waals surface area contributed by atoms with E-state index in [1.807, 2.05) is 18.2 Å². The lowest BCUT2D eigenvalue weighted by Gasteiger charge is -2.01. The van der Waals surface area contributed by atoms with E-state index in [-0.39, 0.29) is 0 Å². The summed E-state index contributed by atoms with van der Waals surface area (Å²) >= 11 is 0. The highest BCUT2D eigenvalue weighted by Gasteiger charge is 2.20. The largest absolute Gasteiger partial charge is 0.381 e. The second kappa shape index (κ2) is 4.03. The van der Waals surface area contributed by atoms with Crippen LogP contribution in [-0.2, 0) is 6.54 Å². The molecule has 1 atom stereocenters. The van der Waals surface area contributed by atoms with Crippen LogP contribution in [0.4, 0.5) is 0 Å². The zero-order chi connectivity index (χ0) is 10.8. The average molecular weight is 205 g/mol. The van der Waals surface area contributed by atoms with Crippen molar-refractivity contribution in [2.75, 3.05) is 0 Å². The lowest BCUT2D eigenvalue weighted by molar-refractivity contribution is -0.682. The number of nitrogens with one attached hydrogen (secondary N) is 1. The van der Waals surface area contributed by atoms with Gasteiger partial charge in [0.2, 0.25) is 0 Å². The van der Waals surface area contributed by atoms with Crippen molar-refractivity contribution < 1.29 is 9.67 Å². The number of hydrogen-bond donors (Lipinski definition) is 2. The van der Waals surface area contributed by atoms with Gasteiger partial charge in [0.15, 0.2) is 17.1 Å². The summed E-state index contributed by atoms with van der Waals surface area (Å²) in [4.78, 5) is 3.26. The SMILES string of the molecule is CCC[n+]1c(C(C)O)[nH]c2ccccc21. The smallest absolute Gasteiger partial charge is 0.284 e. The summed E-state index contributed by atoms with van der Waals surface area (Å²) in [5.41, 5.74) is 2.25. The second-order valence-corrected chi connectivity index (χ2v) is 3.86. The van der Waals surface area contributed by atoms with E-state index in [9.17, 15) is 5.11 Å². The molecule has 80 valence electrons. The Morgan fingerprint density at radius 1 is 1.40 bits per heavy atom. The molecule has 0 bridgehead atoms. The van der Waals surface area contributed by atoms with Crippen molar-refractivity contribution in [1.29, 1.82) is 0 Å². The Labute approximate surface area is 89.4 Å². The maximum absolute atomic E-state index is 9.68. The highest BCUT2D eigenvalue weighted by atomic mass is 16.3. The molecule has 0 saturated carbocycles. The van der Waals surface area contributed by atoms with Gasteiger partial charge in [0, 0.05) is 0 Å². The molecule has 0 aliphatic rings. The summed E-state index contributed by atoms with van der Waals surface area (Å²) in [7, 11) is 0. The van der Waals surface area contributed by atoms with Crippen LogP contribution < -0.4 is 4.57 Å². The summed E-state index contributed by atoms with van der Waals surface area (Å²) in [5.74, 6) is 0.887. The van der Waals surface area contributed by atoms with Crippen LogP contribution in [0.15, 0.2) is 24.3 Å². The van der Waals surface area contributed by atoms with E-state index >= 15 is 0 Å². The monoisotopic (exact) mass is 205 g/mol. The fourth-order valence-electron chi connectivity index (χ4n) is 1.94. The number of benzene rings is 1. The minimum Gasteiger partial charge on any atom is -0.381 e. The van der Waals surface area contributed by atoms with Crippen molar-refractivity contribution >= 4 is 11.0 Å². The first kappa shape index (κ1) is 10.2. The molecule has 0 radical (unpaired) electrons. The van der Waals surface area contributed by atoms with Crippen LogP contribution in [0.2, 0.25) is 0 Å². The standard InChI is InChI=1S/C12H16N2O/c1-3-8-14-11-7-5-4-6-10(11)13-12(14)9(2)15/h4-7,9,15H,3,8H2,1-2H3/p+1. The zero-order valence-electron chi connectivity index (χ0n) is 9.20. The number of fused-ring (bicyclic) bond motifs is 1. The lowest BCUT2D eigenvalue weighted by Crippen LogP contribution is -2.37. The fourth-order valence-corrected chi connectivity index (χ4v) is 1.94. The molecule has 1 heterocycles. The molecule has 0 saturated heterocycles. The number of H-pyrrole nitrogens is 1. The summed E-state index contributed by atoms with van der Waals surface area (Å²) in [5, 5.41) is 9.68. The van der Waals surface area contributed by atoms with E-state index in [2.05, 4.69) is 22.5 Å². The van der Waals surface area contributed by atoms with Gasteiger partial charge in [0.25, 0.3) is 5.82 Å². The molecule has 0 spiro atoms. The third-order valence-electron chi connectivity index (χ3n) is 2.59. The number of nitrogens with zero attached hydrogens (tertiary/aromatic N) is 1. The first-order chi connectivity index (χ1) is 7.24. The van der Waals surface area contributed by atoms with Crippen molar-refractivity contribution in [3.05, 3.63) is 30.1 Å². The number of para-hydroxylation sites is 2. The Bertz CT molecular complexity index is 460. The number of imidazole rings is 1.